The Morgan fingerprint density at radius 1 is 1.10 bits per heavy atom. The zero-order chi connectivity index (χ0) is 36.8. The smallest absolute Gasteiger partial charge is 0.497 e. The predicted octanol–water partition coefficient (Wildman–Crippen LogP) is 4.42. The first kappa shape index (κ1) is 36.7. The Kier molecular flexibility index (Phi) is 9.76. The molecule has 0 saturated carbocycles. The number of carbonyl (C=O) groups is 2. The number of amides is 2. The van der Waals surface area contributed by atoms with Gasteiger partial charge < -0.3 is 24.3 Å². The number of halogens is 4. The molecule has 0 bridgehead atoms. The Morgan fingerprint density at radius 2 is 1.82 bits per heavy atom. The first-order valence-corrected chi connectivity index (χ1v) is 16.9. The molecule has 0 aromatic heterocycles. The molecule has 2 aliphatic heterocycles. The Balaban J connectivity index is 1.90. The van der Waals surface area contributed by atoms with Gasteiger partial charge in [0.1, 0.15) is 35.7 Å². The monoisotopic (exact) mass is 737 g/mol. The van der Waals surface area contributed by atoms with Gasteiger partial charge in [-0.25, -0.2) is 8.42 Å². The topological polar surface area (TPSA) is 144 Å². The van der Waals surface area contributed by atoms with Gasteiger partial charge in [0.05, 0.1) is 44.2 Å². The van der Waals surface area contributed by atoms with Crippen LogP contribution in [0.25, 0.3) is 0 Å². The molecule has 12 nitrogen and oxygen atoms in total. The lowest BCUT2D eigenvalue weighted by Crippen LogP contribution is -2.69. The number of aryl methyl sites for hydroxylation is 1. The molecule has 4 atom stereocenters. The third-order valence-corrected chi connectivity index (χ3v) is 11.1. The molecule has 1 fully saturated rings. The van der Waals surface area contributed by atoms with E-state index in [-0.39, 0.29) is 52.9 Å². The van der Waals surface area contributed by atoms with Crippen molar-refractivity contribution in [3.05, 3.63) is 76.3 Å². The van der Waals surface area contributed by atoms with E-state index in [1.807, 2.05) is 6.07 Å². The second-order valence-corrected chi connectivity index (χ2v) is 14.1. The van der Waals surface area contributed by atoms with Gasteiger partial charge in [-0.05, 0) is 49.4 Å². The summed E-state index contributed by atoms with van der Waals surface area (Å²) in [5.41, 5.74) is -1.55. The summed E-state index contributed by atoms with van der Waals surface area (Å²) < 4.78 is 91.0. The minimum Gasteiger partial charge on any atom is -0.497 e. The third kappa shape index (κ3) is 5.87. The van der Waals surface area contributed by atoms with Gasteiger partial charge in [0, 0.05) is 24.6 Å². The maximum absolute atomic E-state index is 15.6. The number of methoxy groups -OCH3 is 2. The fourth-order valence-electron chi connectivity index (χ4n) is 7.14. The second kappa shape index (κ2) is 13.3. The molecule has 2 amide bonds. The molecule has 3 aromatic rings. The van der Waals surface area contributed by atoms with Crippen LogP contribution in [0.4, 0.5) is 18.9 Å². The van der Waals surface area contributed by atoms with Gasteiger partial charge in [-0.3, -0.25) is 14.1 Å². The Morgan fingerprint density at radius 3 is 2.44 bits per heavy atom. The van der Waals surface area contributed by atoms with E-state index < -0.39 is 61.0 Å². The maximum atomic E-state index is 15.6. The molecule has 0 aliphatic carbocycles. The summed E-state index contributed by atoms with van der Waals surface area (Å²) in [5.74, 6) is -2.79. The summed E-state index contributed by atoms with van der Waals surface area (Å²) in [5, 5.41) is 12.0. The van der Waals surface area contributed by atoms with Gasteiger partial charge in [-0.15, -0.1) is 13.2 Å². The minimum atomic E-state index is -5.32. The number of likely N-dealkylation sites (N-methyl/N-ethyl adjacent to an activating group) is 2. The summed E-state index contributed by atoms with van der Waals surface area (Å²) in [6.45, 7) is 1.32. The van der Waals surface area contributed by atoms with Crippen LogP contribution in [0.3, 0.4) is 0 Å². The van der Waals surface area contributed by atoms with Gasteiger partial charge in [-0.1, -0.05) is 23.2 Å². The number of alkyl halides is 3. The molecule has 2 heterocycles. The lowest BCUT2D eigenvalue weighted by Gasteiger charge is -2.48. The molecule has 50 heavy (non-hydrogen) atoms. The van der Waals surface area contributed by atoms with Crippen LogP contribution >= 0.6 is 11.6 Å². The number of carbonyl (C=O) groups excluding carboxylic acids is 2. The number of hydrogen-bond acceptors (Lipinski definition) is 9. The molecule has 1 saturated heterocycles. The fourth-order valence-corrected chi connectivity index (χ4v) is 8.87. The van der Waals surface area contributed by atoms with E-state index in [0.717, 1.165) is 18.2 Å². The molecular weight excluding hydrogens is 705 g/mol. The van der Waals surface area contributed by atoms with Crippen LogP contribution in [-0.4, -0.2) is 84.7 Å². The van der Waals surface area contributed by atoms with Crippen molar-refractivity contribution in [3.8, 4) is 23.3 Å². The maximum Gasteiger partial charge on any atom is 0.573 e. The molecular formula is C33H33ClF3N4O8S+. The summed E-state index contributed by atoms with van der Waals surface area (Å²) in [4.78, 5) is 28.4. The third-order valence-electron chi connectivity index (χ3n) is 9.16. The number of hydrogen-bond donors (Lipinski definition) is 1. The van der Waals surface area contributed by atoms with Crippen LogP contribution < -0.4 is 23.8 Å². The molecule has 266 valence electrons. The van der Waals surface area contributed by atoms with Crippen molar-refractivity contribution in [1.29, 1.82) is 5.26 Å². The van der Waals surface area contributed by atoms with Crippen LogP contribution in [0, 0.1) is 18.3 Å². The highest BCUT2D eigenvalue weighted by atomic mass is 35.5. The predicted molar refractivity (Wildman–Crippen MR) is 173 cm³/mol. The number of quaternary nitrogens is 1. The van der Waals surface area contributed by atoms with Crippen molar-refractivity contribution in [2.24, 2.45) is 0 Å². The number of nitrogens with one attached hydrogen (secondary N) is 1. The summed E-state index contributed by atoms with van der Waals surface area (Å²) in [6.07, 6.45) is -6.06. The quantitative estimate of drug-likeness (QED) is 0.299. The number of nitriles is 1. The van der Waals surface area contributed by atoms with Crippen molar-refractivity contribution in [3.63, 3.8) is 0 Å². The zero-order valence-electron chi connectivity index (χ0n) is 27.5. The van der Waals surface area contributed by atoms with Gasteiger partial charge in [0.25, 0.3) is 15.9 Å². The Bertz CT molecular complexity index is 2010. The highest BCUT2D eigenvalue weighted by Crippen LogP contribution is 2.58. The van der Waals surface area contributed by atoms with E-state index in [0.29, 0.717) is 9.87 Å². The molecule has 2 aliphatic rings. The summed E-state index contributed by atoms with van der Waals surface area (Å²) in [7, 11) is 0.269. The number of fused-ring (bicyclic) bond motifs is 1. The SMILES string of the molecule is CNC(=O)[C@@H]1C[C@@H](OCC#N)C[N+]1(C)C1(c2cc(C)ccc2OC)C(=O)N(S(=O)(=O)c2ccc(OC)cc2OC(F)(F)F)c2ccc(Cl)cc21. The number of likely N-dealkylation sites (tertiary alicyclic amines) is 1. The van der Waals surface area contributed by atoms with E-state index in [1.54, 1.807) is 32.2 Å². The van der Waals surface area contributed by atoms with E-state index in [1.165, 1.54) is 39.5 Å². The molecule has 0 radical (unpaired) electrons. The van der Waals surface area contributed by atoms with Crippen molar-refractivity contribution in [2.75, 3.05) is 45.8 Å². The molecule has 17 heteroatoms. The largest absolute Gasteiger partial charge is 0.573 e. The summed E-state index contributed by atoms with van der Waals surface area (Å²) >= 11 is 6.56. The Hall–Kier alpha value is -4.56. The second-order valence-electron chi connectivity index (χ2n) is 11.9. The summed E-state index contributed by atoms with van der Waals surface area (Å²) in [6, 6.07) is 12.4. The first-order chi connectivity index (χ1) is 23.5. The van der Waals surface area contributed by atoms with E-state index in [9.17, 15) is 31.6 Å². The zero-order valence-corrected chi connectivity index (χ0v) is 29.1. The van der Waals surface area contributed by atoms with Crippen molar-refractivity contribution in [2.45, 2.75) is 42.3 Å². The van der Waals surface area contributed by atoms with Crippen molar-refractivity contribution >= 4 is 39.1 Å². The van der Waals surface area contributed by atoms with Gasteiger partial charge in [0.2, 0.25) is 5.54 Å². The van der Waals surface area contributed by atoms with Crippen LogP contribution in [-0.2, 0) is 29.9 Å². The Labute approximate surface area is 291 Å². The number of anilines is 1. The van der Waals surface area contributed by atoms with Crippen LogP contribution in [0.2, 0.25) is 5.02 Å². The van der Waals surface area contributed by atoms with Crippen LogP contribution in [0.5, 0.6) is 17.2 Å². The average Bonchev–Trinajstić information content (AvgIpc) is 3.54. The molecule has 5 rings (SSSR count). The molecule has 3 aromatic carbocycles. The standard InChI is InChI=1S/C33H32ClF3N4O8S/c1-19-6-10-27(47-5)24(14-19)32(41(3)18-22(48-13-12-38)16-26(41)30(42)39-2)23-15-20(34)7-9-25(23)40(31(32)43)50(44,45)29-11-8-21(46-4)17-28(29)49-33(35,36)37/h6-11,14-15,17,22,26H,13,16,18H2,1-5H3/p+1/t22-,26+,32?,41?/m1/s1. The van der Waals surface area contributed by atoms with E-state index in [4.69, 9.17) is 25.8 Å². The molecule has 2 unspecified atom stereocenters. The lowest BCUT2D eigenvalue weighted by molar-refractivity contribution is -0.953. The molecule has 0 spiro atoms. The number of benzene rings is 3. The van der Waals surface area contributed by atoms with Gasteiger partial charge in [-0.2, -0.15) is 9.57 Å². The van der Waals surface area contributed by atoms with Crippen LogP contribution in [0.15, 0.2) is 59.5 Å². The minimum absolute atomic E-state index is 0.0196. The first-order valence-electron chi connectivity index (χ1n) is 15.0. The highest BCUT2D eigenvalue weighted by Gasteiger charge is 2.72. The highest BCUT2D eigenvalue weighted by molar-refractivity contribution is 7.93. The van der Waals surface area contributed by atoms with Crippen molar-refractivity contribution < 1.29 is 54.6 Å². The number of ether oxygens (including phenoxy) is 4. The van der Waals surface area contributed by atoms with Crippen molar-refractivity contribution in [1.82, 2.24) is 5.32 Å². The van der Waals surface area contributed by atoms with Gasteiger partial charge in [0.15, 0.2) is 11.8 Å². The van der Waals surface area contributed by atoms with E-state index >= 15 is 4.79 Å². The lowest BCUT2D eigenvalue weighted by atomic mass is 9.78. The number of nitrogens with zero attached hydrogens (tertiary/aromatic N) is 3. The normalized spacial score (nSPS) is 23.3. The van der Waals surface area contributed by atoms with E-state index in [2.05, 4.69) is 10.1 Å². The fraction of sp³-hybridized carbons (Fsp3) is 0.364. The van der Waals surface area contributed by atoms with Gasteiger partial charge >= 0.3 is 12.3 Å². The number of rotatable bonds is 10. The number of sulfonamides is 1. The molecule has 1 N–H and O–H groups in total. The van der Waals surface area contributed by atoms with Crippen LogP contribution in [0.1, 0.15) is 23.1 Å². The average molecular weight is 738 g/mol.